The van der Waals surface area contributed by atoms with E-state index in [0.29, 0.717) is 18.3 Å². The molecule has 0 aromatic carbocycles. The first-order chi connectivity index (χ1) is 19.8. The maximum Gasteiger partial charge on any atom is 0.331 e. The zero-order valence-electron chi connectivity index (χ0n) is 25.5. The number of hydrogen-bond donors (Lipinski definition) is 3. The Morgan fingerprint density at radius 1 is 1.07 bits per heavy atom. The number of ether oxygens (including phenoxy) is 5. The molecule has 10 heteroatoms. The molecule has 3 N–H and O–H groups in total. The van der Waals surface area contributed by atoms with Gasteiger partial charge in [-0.05, 0) is 80.6 Å². The highest BCUT2D eigenvalue weighted by Gasteiger charge is 2.71. The fourth-order valence-corrected chi connectivity index (χ4v) is 10.4. The number of aliphatic hydroxyl groups is 3. The maximum absolute atomic E-state index is 12.7. The summed E-state index contributed by atoms with van der Waals surface area (Å²) in [5.74, 6) is -0.234. The fraction of sp³-hybridized carbons (Fsp3) is 0.875. The van der Waals surface area contributed by atoms with Gasteiger partial charge in [0.15, 0.2) is 6.29 Å². The second kappa shape index (κ2) is 10.8. The Labute approximate surface area is 248 Å². The lowest BCUT2D eigenvalue weighted by atomic mass is 9.43. The van der Waals surface area contributed by atoms with Crippen molar-refractivity contribution in [3.05, 3.63) is 11.6 Å². The fourth-order valence-electron chi connectivity index (χ4n) is 10.4. The average molecular weight is 593 g/mol. The van der Waals surface area contributed by atoms with Crippen molar-refractivity contribution in [3.8, 4) is 0 Å². The summed E-state index contributed by atoms with van der Waals surface area (Å²) in [5.41, 5.74) is -0.720. The number of hydrogen-bond acceptors (Lipinski definition) is 10. The number of rotatable bonds is 5. The molecule has 14 atom stereocenters. The molecule has 0 spiro atoms. The highest BCUT2D eigenvalue weighted by molar-refractivity contribution is 5.85. The van der Waals surface area contributed by atoms with Gasteiger partial charge in [0.2, 0.25) is 0 Å². The lowest BCUT2D eigenvalue weighted by Crippen LogP contribution is -2.62. The molecule has 5 fully saturated rings. The van der Waals surface area contributed by atoms with Gasteiger partial charge in [0.25, 0.3) is 0 Å². The average Bonchev–Trinajstić information content (AvgIpc) is 3.44. The Morgan fingerprint density at radius 3 is 2.50 bits per heavy atom. The molecular formula is C32H48O10. The predicted octanol–water partition coefficient (Wildman–Crippen LogP) is 2.65. The zero-order valence-corrected chi connectivity index (χ0v) is 25.5. The van der Waals surface area contributed by atoms with E-state index in [1.165, 1.54) is 20.1 Å². The van der Waals surface area contributed by atoms with E-state index in [1.54, 1.807) is 6.92 Å². The standard InChI is InChI=1S/C32H48O10/c1-16-26(35)28(38-5)27(36)29(40-16)42-20-8-10-30(3)19(13-20)6-7-22-21(30)9-11-31(4)25(18-12-24(34)39-15-18)23(41-17(2)33)14-32(22,31)37/h12,16,19-23,25-29,35-37H,6-11,13-15H2,1-5H3/t16-,19?,20?,21-,22+,23?,25-,26-,27+,28-,29+,30-,31+,32-/m0/s1. The van der Waals surface area contributed by atoms with Crippen LogP contribution in [0.15, 0.2) is 11.6 Å². The Morgan fingerprint density at radius 2 is 1.83 bits per heavy atom. The minimum Gasteiger partial charge on any atom is -0.462 e. The van der Waals surface area contributed by atoms with Gasteiger partial charge in [-0.1, -0.05) is 13.8 Å². The van der Waals surface area contributed by atoms with Gasteiger partial charge in [-0.2, -0.15) is 0 Å². The molecular weight excluding hydrogens is 544 g/mol. The Kier molecular flexibility index (Phi) is 7.84. The topological polar surface area (TPSA) is 141 Å². The first-order valence-electron chi connectivity index (χ1n) is 15.8. The summed E-state index contributed by atoms with van der Waals surface area (Å²) >= 11 is 0. The van der Waals surface area contributed by atoms with Gasteiger partial charge in [-0.15, -0.1) is 0 Å². The van der Waals surface area contributed by atoms with Crippen LogP contribution < -0.4 is 0 Å². The quantitative estimate of drug-likeness (QED) is 0.322. The molecule has 0 radical (unpaired) electrons. The molecule has 6 aliphatic rings. The van der Waals surface area contributed by atoms with Crippen LogP contribution in [-0.2, 0) is 33.3 Å². The van der Waals surface area contributed by atoms with Gasteiger partial charge in [0.05, 0.1) is 17.8 Å². The third-order valence-electron chi connectivity index (χ3n) is 12.6. The molecule has 0 amide bonds. The Hall–Kier alpha value is -1.56. The summed E-state index contributed by atoms with van der Waals surface area (Å²) in [4.78, 5) is 24.2. The van der Waals surface area contributed by atoms with E-state index >= 15 is 0 Å². The van der Waals surface area contributed by atoms with E-state index in [1.807, 2.05) is 0 Å². The van der Waals surface area contributed by atoms with Crippen LogP contribution in [0.3, 0.4) is 0 Å². The second-order valence-corrected chi connectivity index (χ2v) is 14.5. The molecule has 42 heavy (non-hydrogen) atoms. The van der Waals surface area contributed by atoms with Crippen LogP contribution in [0.1, 0.15) is 79.1 Å². The Bertz CT molecular complexity index is 1110. The molecule has 10 nitrogen and oxygen atoms in total. The molecule has 0 aromatic rings. The predicted molar refractivity (Wildman–Crippen MR) is 149 cm³/mol. The van der Waals surface area contributed by atoms with Crippen LogP contribution in [-0.4, -0.2) is 89.5 Å². The SMILES string of the molecule is CO[C@H]1[C@@H](O)[C@H](C)O[C@H](OC2CC[C@@]3(C)C(CC[C@@H]4[C@@H]3CC[C@]3(C)[C@@H](C5=CC(=O)OC5)C(OC(C)=O)C[C@]43O)C2)[C@@H]1O. The van der Waals surface area contributed by atoms with Crippen LogP contribution in [0.25, 0.3) is 0 Å². The second-order valence-electron chi connectivity index (χ2n) is 14.5. The van der Waals surface area contributed by atoms with Gasteiger partial charge in [-0.3, -0.25) is 4.79 Å². The summed E-state index contributed by atoms with van der Waals surface area (Å²) in [6.07, 6.45) is 3.36. The summed E-state index contributed by atoms with van der Waals surface area (Å²) < 4.78 is 28.7. The molecule has 2 aliphatic heterocycles. The smallest absolute Gasteiger partial charge is 0.331 e. The lowest BCUT2D eigenvalue weighted by Gasteiger charge is -2.63. The van der Waals surface area contributed by atoms with Gasteiger partial charge < -0.3 is 39.0 Å². The molecule has 6 rings (SSSR count). The normalized spacial score (nSPS) is 52.0. The molecule has 4 aliphatic carbocycles. The number of carbonyl (C=O) groups is 2. The largest absolute Gasteiger partial charge is 0.462 e. The molecule has 0 bridgehead atoms. The van der Waals surface area contributed by atoms with E-state index in [0.717, 1.165) is 50.5 Å². The van der Waals surface area contributed by atoms with Gasteiger partial charge in [0, 0.05) is 37.9 Å². The summed E-state index contributed by atoms with van der Waals surface area (Å²) in [6, 6.07) is 0. The number of methoxy groups -OCH3 is 1. The lowest BCUT2D eigenvalue weighted by molar-refractivity contribution is -0.313. The van der Waals surface area contributed by atoms with Crippen molar-refractivity contribution in [2.45, 2.75) is 128 Å². The summed E-state index contributed by atoms with van der Waals surface area (Å²) in [7, 11) is 1.47. The maximum atomic E-state index is 12.7. The zero-order chi connectivity index (χ0) is 30.2. The molecule has 2 heterocycles. The number of esters is 2. The number of aliphatic hydroxyl groups excluding tert-OH is 2. The van der Waals surface area contributed by atoms with Crippen molar-refractivity contribution in [2.24, 2.45) is 34.5 Å². The van der Waals surface area contributed by atoms with Crippen molar-refractivity contribution in [3.63, 3.8) is 0 Å². The van der Waals surface area contributed by atoms with E-state index < -0.39 is 47.8 Å². The van der Waals surface area contributed by atoms with E-state index in [-0.39, 0.29) is 41.9 Å². The molecule has 3 unspecified atom stereocenters. The van der Waals surface area contributed by atoms with Crippen LogP contribution in [0, 0.1) is 34.5 Å². The number of fused-ring (bicyclic) bond motifs is 5. The minimum atomic E-state index is -1.08. The number of carbonyl (C=O) groups excluding carboxylic acids is 2. The van der Waals surface area contributed by atoms with Crippen molar-refractivity contribution in [1.29, 1.82) is 0 Å². The van der Waals surface area contributed by atoms with Gasteiger partial charge in [0.1, 0.15) is 31.0 Å². The minimum absolute atomic E-state index is 0.0190. The number of cyclic esters (lactones) is 1. The molecule has 0 aromatic heterocycles. The van der Waals surface area contributed by atoms with Crippen molar-refractivity contribution in [2.75, 3.05) is 13.7 Å². The molecule has 236 valence electrons. The van der Waals surface area contributed by atoms with Crippen molar-refractivity contribution < 1.29 is 48.6 Å². The van der Waals surface area contributed by atoms with E-state index in [2.05, 4.69) is 13.8 Å². The summed E-state index contributed by atoms with van der Waals surface area (Å²) in [6.45, 7) is 7.85. The van der Waals surface area contributed by atoms with Gasteiger partial charge >= 0.3 is 11.9 Å². The third-order valence-corrected chi connectivity index (χ3v) is 12.6. The van der Waals surface area contributed by atoms with Crippen molar-refractivity contribution >= 4 is 11.9 Å². The van der Waals surface area contributed by atoms with E-state index in [4.69, 9.17) is 23.7 Å². The Balaban J connectivity index is 1.20. The molecule has 4 saturated carbocycles. The van der Waals surface area contributed by atoms with Crippen LogP contribution >= 0.6 is 0 Å². The third kappa shape index (κ3) is 4.58. The first kappa shape index (κ1) is 30.5. The van der Waals surface area contributed by atoms with E-state index in [9.17, 15) is 24.9 Å². The highest BCUT2D eigenvalue weighted by Crippen LogP contribution is 2.70. The molecule has 1 saturated heterocycles. The van der Waals surface area contributed by atoms with Gasteiger partial charge in [-0.25, -0.2) is 4.79 Å². The summed E-state index contributed by atoms with van der Waals surface area (Å²) in [5, 5.41) is 33.8. The highest BCUT2D eigenvalue weighted by atomic mass is 16.7. The van der Waals surface area contributed by atoms with Crippen LogP contribution in [0.5, 0.6) is 0 Å². The first-order valence-corrected chi connectivity index (χ1v) is 15.8. The monoisotopic (exact) mass is 592 g/mol. The van der Waals surface area contributed by atoms with Crippen molar-refractivity contribution in [1.82, 2.24) is 0 Å². The van der Waals surface area contributed by atoms with Crippen LogP contribution in [0.2, 0.25) is 0 Å². The van der Waals surface area contributed by atoms with Crippen LogP contribution in [0.4, 0.5) is 0 Å².